The van der Waals surface area contributed by atoms with Gasteiger partial charge in [0.15, 0.2) is 21.7 Å². The molecule has 3 rings (SSSR count). The van der Waals surface area contributed by atoms with Crippen LogP contribution in [0.1, 0.15) is 16.7 Å². The van der Waals surface area contributed by atoms with Crippen molar-refractivity contribution in [3.05, 3.63) is 108 Å². The second-order valence-corrected chi connectivity index (χ2v) is 8.53. The number of rotatable bonds is 8. The topological polar surface area (TPSA) is 64.9 Å². The summed E-state index contributed by atoms with van der Waals surface area (Å²) in [6, 6.07) is 27.1. The molecular formula is C25H25NO3S. The van der Waals surface area contributed by atoms with Crippen molar-refractivity contribution in [2.24, 2.45) is 4.40 Å². The highest BCUT2D eigenvalue weighted by Crippen LogP contribution is 2.18. The van der Waals surface area contributed by atoms with E-state index in [1.807, 2.05) is 97.9 Å². The number of benzene rings is 3. The minimum atomic E-state index is -0.823. The van der Waals surface area contributed by atoms with Crippen molar-refractivity contribution in [2.75, 3.05) is 5.75 Å². The van der Waals surface area contributed by atoms with Crippen LogP contribution in [0.3, 0.4) is 0 Å². The number of aliphatic hydroxyl groups is 1. The van der Waals surface area contributed by atoms with Crippen molar-refractivity contribution in [1.29, 1.82) is 0 Å². The zero-order chi connectivity index (χ0) is 21.2. The van der Waals surface area contributed by atoms with Crippen LogP contribution in [0.2, 0.25) is 0 Å². The Bertz CT molecular complexity index is 957. The van der Waals surface area contributed by atoms with E-state index in [-0.39, 0.29) is 6.61 Å². The van der Waals surface area contributed by atoms with Gasteiger partial charge in [-0.25, -0.2) is 0 Å². The van der Waals surface area contributed by atoms with Gasteiger partial charge in [-0.05, 0) is 34.6 Å². The number of hydrogen-bond donors (Lipinski definition) is 1. The fourth-order valence-electron chi connectivity index (χ4n) is 2.72. The molecule has 0 saturated heterocycles. The molecule has 0 fully saturated rings. The van der Waals surface area contributed by atoms with Crippen LogP contribution in [0.25, 0.3) is 6.08 Å². The Morgan fingerprint density at radius 2 is 1.63 bits per heavy atom. The lowest BCUT2D eigenvalue weighted by atomic mass is 10.2. The Morgan fingerprint density at radius 1 is 1.00 bits per heavy atom. The van der Waals surface area contributed by atoms with Gasteiger partial charge in [-0.2, -0.15) is 0 Å². The molecule has 3 aromatic carbocycles. The highest BCUT2D eigenvalue weighted by Gasteiger charge is 2.25. The van der Waals surface area contributed by atoms with Crippen LogP contribution in [-0.4, -0.2) is 23.0 Å². The molecule has 0 spiro atoms. The van der Waals surface area contributed by atoms with E-state index >= 15 is 0 Å². The van der Waals surface area contributed by atoms with Crippen molar-refractivity contribution in [3.63, 3.8) is 0 Å². The highest BCUT2D eigenvalue weighted by atomic mass is 32.2. The van der Waals surface area contributed by atoms with E-state index in [2.05, 4.69) is 4.40 Å². The molecule has 5 heteroatoms. The maximum atomic E-state index is 12.3. The van der Waals surface area contributed by atoms with E-state index in [4.69, 9.17) is 4.74 Å². The lowest BCUT2D eigenvalue weighted by Crippen LogP contribution is -2.26. The summed E-state index contributed by atoms with van der Waals surface area (Å²) in [5.74, 6) is 0.312. The van der Waals surface area contributed by atoms with E-state index in [1.54, 1.807) is 6.08 Å². The Balaban J connectivity index is 1.71. The van der Waals surface area contributed by atoms with Gasteiger partial charge >= 0.3 is 0 Å². The number of ether oxygens (including phenoxy) is 1. The number of hydrogen-bond acceptors (Lipinski definition) is 4. The molecule has 2 atom stereocenters. The lowest BCUT2D eigenvalue weighted by Gasteiger charge is -2.14. The van der Waals surface area contributed by atoms with Crippen LogP contribution < -0.4 is 5.11 Å². The molecule has 0 aliphatic rings. The van der Waals surface area contributed by atoms with Gasteiger partial charge in [-0.15, -0.1) is 0 Å². The first-order chi connectivity index (χ1) is 14.6. The first kappa shape index (κ1) is 21.7. The van der Waals surface area contributed by atoms with Gasteiger partial charge in [-0.3, -0.25) is 0 Å². The Kier molecular flexibility index (Phi) is 8.12. The van der Waals surface area contributed by atoms with Crippen molar-refractivity contribution >= 4 is 23.2 Å². The highest BCUT2D eigenvalue weighted by molar-refractivity contribution is 7.95. The number of nitrogens with zero attached hydrogens (tertiary/aromatic N) is 1. The normalized spacial score (nSPS) is 13.9. The third-order valence-electron chi connectivity index (χ3n) is 4.32. The molecule has 1 unspecified atom stereocenters. The van der Waals surface area contributed by atoms with Gasteiger partial charge < -0.3 is 14.9 Å². The fourth-order valence-corrected chi connectivity index (χ4v) is 4.21. The molecule has 0 aromatic heterocycles. The molecule has 3 aromatic rings. The molecule has 4 nitrogen and oxygen atoms in total. The maximum absolute atomic E-state index is 12.3. The Morgan fingerprint density at radius 3 is 2.30 bits per heavy atom. The van der Waals surface area contributed by atoms with Gasteiger partial charge in [-0.1, -0.05) is 90.5 Å². The average Bonchev–Trinajstić information content (AvgIpc) is 2.78. The van der Waals surface area contributed by atoms with Crippen LogP contribution in [0.4, 0.5) is 0 Å². The van der Waals surface area contributed by atoms with Crippen molar-refractivity contribution in [3.8, 4) is 0 Å². The predicted octanol–water partition coefficient (Wildman–Crippen LogP) is 3.89. The summed E-state index contributed by atoms with van der Waals surface area (Å²) in [5.41, 5.74) is 3.03. The zero-order valence-corrected chi connectivity index (χ0v) is 17.7. The molecule has 1 N–H and O–H groups in total. The quantitative estimate of drug-likeness (QED) is 0.342. The molecular weight excluding hydrogens is 394 g/mol. The van der Waals surface area contributed by atoms with Crippen molar-refractivity contribution < 1.29 is 14.9 Å². The summed E-state index contributed by atoms with van der Waals surface area (Å²) in [6.07, 6.45) is 2.24. The van der Waals surface area contributed by atoms with Gasteiger partial charge in [0.2, 0.25) is 6.08 Å². The van der Waals surface area contributed by atoms with Crippen LogP contribution >= 0.6 is 0 Å². The molecule has 0 aliphatic heterocycles. The molecule has 0 amide bonds. The standard InChI is InChI=1S/C25H25NO3S/c1-20-12-16-24(17-13-20)30(19-23(27)15-14-21-8-4-2-5-9-21)26-25(28)29-18-22-10-6-3-7-11-22/h2-17,23,27H,18-19H2,1H3/b15-14+/t23-,30?/m0/s1. The average molecular weight is 420 g/mol. The summed E-state index contributed by atoms with van der Waals surface area (Å²) in [7, 11) is 0. The van der Waals surface area contributed by atoms with E-state index in [0.717, 1.165) is 21.6 Å². The van der Waals surface area contributed by atoms with Crippen LogP contribution in [0, 0.1) is 6.92 Å². The lowest BCUT2D eigenvalue weighted by molar-refractivity contribution is -0.251. The molecule has 154 valence electrons. The Labute approximate surface area is 180 Å². The third kappa shape index (κ3) is 7.10. The van der Waals surface area contributed by atoms with E-state index in [9.17, 15) is 10.2 Å². The first-order valence-electron chi connectivity index (χ1n) is 9.71. The Hall–Kier alpha value is -3.02. The van der Waals surface area contributed by atoms with Crippen LogP contribution in [-0.2, 0) is 22.4 Å². The van der Waals surface area contributed by atoms with E-state index < -0.39 is 23.3 Å². The summed E-state index contributed by atoms with van der Waals surface area (Å²) in [6.45, 7) is 2.18. The molecule has 0 saturated carbocycles. The van der Waals surface area contributed by atoms with Gasteiger partial charge in [0.05, 0.1) is 0 Å². The number of aryl methyl sites for hydroxylation is 1. The van der Waals surface area contributed by atoms with E-state index in [1.165, 1.54) is 0 Å². The second-order valence-electron chi connectivity index (χ2n) is 6.81. The minimum absolute atomic E-state index is 0.171. The molecule has 0 aliphatic carbocycles. The van der Waals surface area contributed by atoms with Gasteiger partial charge in [0.1, 0.15) is 6.10 Å². The summed E-state index contributed by atoms with van der Waals surface area (Å²) in [5, 5.41) is 22.9. The van der Waals surface area contributed by atoms with Crippen molar-refractivity contribution in [1.82, 2.24) is 0 Å². The maximum Gasteiger partial charge on any atom is 0.205 e. The SMILES string of the molecule is Cc1ccc([S+](C[C@@H](O)/C=C/c2ccccc2)/N=C(\[O-])OCc2ccccc2)cc1. The van der Waals surface area contributed by atoms with Crippen LogP contribution in [0.15, 0.2) is 100 Å². The molecule has 0 radical (unpaired) electrons. The smallest absolute Gasteiger partial charge is 0.205 e. The second kappa shape index (κ2) is 11.2. The van der Waals surface area contributed by atoms with Gasteiger partial charge in [0, 0.05) is 6.61 Å². The van der Waals surface area contributed by atoms with Gasteiger partial charge in [0.25, 0.3) is 0 Å². The van der Waals surface area contributed by atoms with Crippen LogP contribution in [0.5, 0.6) is 0 Å². The molecule has 30 heavy (non-hydrogen) atoms. The predicted molar refractivity (Wildman–Crippen MR) is 122 cm³/mol. The van der Waals surface area contributed by atoms with E-state index in [0.29, 0.717) is 5.75 Å². The fraction of sp³-hybridized carbons (Fsp3) is 0.160. The minimum Gasteiger partial charge on any atom is -0.592 e. The zero-order valence-electron chi connectivity index (χ0n) is 16.8. The monoisotopic (exact) mass is 419 g/mol. The summed E-state index contributed by atoms with van der Waals surface area (Å²) >= 11 is -0.823. The first-order valence-corrected chi connectivity index (χ1v) is 11.1. The van der Waals surface area contributed by atoms with Crippen molar-refractivity contribution in [2.45, 2.75) is 24.5 Å². The number of aliphatic hydroxyl groups excluding tert-OH is 1. The summed E-state index contributed by atoms with van der Waals surface area (Å²) in [4.78, 5) is 0.893. The molecule has 0 bridgehead atoms. The third-order valence-corrected chi connectivity index (χ3v) is 6.16. The molecule has 0 heterocycles. The largest absolute Gasteiger partial charge is 0.592 e. The summed E-state index contributed by atoms with van der Waals surface area (Å²) < 4.78 is 9.58.